The second-order valence-corrected chi connectivity index (χ2v) is 5.67. The molecule has 0 unspecified atom stereocenters. The van der Waals surface area contributed by atoms with Gasteiger partial charge in [0.1, 0.15) is 11.7 Å². The number of hydrogen-bond donors (Lipinski definition) is 0. The second kappa shape index (κ2) is 4.98. The van der Waals surface area contributed by atoms with Crippen LogP contribution in [-0.4, -0.2) is 20.7 Å². The number of aromatic nitrogens is 3. The van der Waals surface area contributed by atoms with E-state index in [1.54, 1.807) is 12.4 Å². The molecule has 0 aromatic carbocycles. The first-order valence-electron chi connectivity index (χ1n) is 7.52. The van der Waals surface area contributed by atoms with Crippen LogP contribution in [0.3, 0.4) is 0 Å². The quantitative estimate of drug-likeness (QED) is 0.794. The van der Waals surface area contributed by atoms with Crippen LogP contribution in [-0.2, 0) is 24.1 Å². The predicted molar refractivity (Wildman–Crippen MR) is 75.9 cm³/mol. The Hall–Kier alpha value is -2.17. The molecule has 1 aliphatic heterocycles. The minimum atomic E-state index is -0.262. The molecule has 3 heterocycles. The van der Waals surface area contributed by atoms with E-state index < -0.39 is 0 Å². The zero-order valence-electron chi connectivity index (χ0n) is 11.8. The van der Waals surface area contributed by atoms with Crippen LogP contribution in [0.4, 0.5) is 0 Å². The number of hydrogen-bond acceptors (Lipinski definition) is 4. The Labute approximate surface area is 122 Å². The molecule has 2 aromatic heterocycles. The molecular formula is C16H17N3O2. The van der Waals surface area contributed by atoms with Crippen LogP contribution in [0, 0.1) is 0 Å². The fourth-order valence-electron chi connectivity index (χ4n) is 3.27. The van der Waals surface area contributed by atoms with Gasteiger partial charge in [0.15, 0.2) is 0 Å². The van der Waals surface area contributed by atoms with Gasteiger partial charge in [0.25, 0.3) is 0 Å². The first-order chi connectivity index (χ1) is 10.3. The van der Waals surface area contributed by atoms with Crippen LogP contribution >= 0.6 is 0 Å². The fraction of sp³-hybridized carbons (Fsp3) is 0.438. The van der Waals surface area contributed by atoms with E-state index in [0.717, 1.165) is 50.0 Å². The molecule has 0 saturated carbocycles. The Bertz CT molecular complexity index is 693. The number of ether oxygens (including phenoxy) is 1. The third kappa shape index (κ3) is 2.13. The summed E-state index contributed by atoms with van der Waals surface area (Å²) in [6.07, 6.45) is 8.08. The summed E-state index contributed by atoms with van der Waals surface area (Å²) in [5.41, 5.74) is 3.74. The van der Waals surface area contributed by atoms with Gasteiger partial charge in [-0.2, -0.15) is 5.10 Å². The molecule has 2 aliphatic rings. The number of fused-ring (bicyclic) bond motifs is 2. The lowest BCUT2D eigenvalue weighted by Crippen LogP contribution is -2.16. The maximum atomic E-state index is 12.4. The summed E-state index contributed by atoms with van der Waals surface area (Å²) in [6, 6.07) is 3.98. The Morgan fingerprint density at radius 2 is 2.29 bits per heavy atom. The van der Waals surface area contributed by atoms with Gasteiger partial charge in [-0.1, -0.05) is 6.07 Å². The third-order valence-electron chi connectivity index (χ3n) is 4.36. The number of rotatable bonds is 2. The topological polar surface area (TPSA) is 57.0 Å². The van der Waals surface area contributed by atoms with Crippen LogP contribution in [0.1, 0.15) is 52.7 Å². The standard InChI is InChI=1S/C16H17N3O2/c20-16(12-10-18-19-9-2-1-5-13(12)19)21-14-7-6-11-4-3-8-17-15(11)14/h3-4,8,10,14H,1-2,5-7,9H2/t14-/m0/s1. The number of nitrogens with zero attached hydrogens (tertiary/aromatic N) is 3. The number of carbonyl (C=O) groups excluding carboxylic acids is 1. The van der Waals surface area contributed by atoms with Gasteiger partial charge in [0.05, 0.1) is 17.6 Å². The summed E-state index contributed by atoms with van der Waals surface area (Å²) in [4.78, 5) is 16.8. The monoisotopic (exact) mass is 283 g/mol. The zero-order chi connectivity index (χ0) is 14.2. The van der Waals surface area contributed by atoms with Gasteiger partial charge in [-0.3, -0.25) is 9.67 Å². The Balaban J connectivity index is 1.56. The van der Waals surface area contributed by atoms with Gasteiger partial charge in [-0.15, -0.1) is 0 Å². The normalized spacial score (nSPS) is 19.9. The van der Waals surface area contributed by atoms with E-state index >= 15 is 0 Å². The molecular weight excluding hydrogens is 266 g/mol. The van der Waals surface area contributed by atoms with Crippen LogP contribution in [0.5, 0.6) is 0 Å². The van der Waals surface area contributed by atoms with Gasteiger partial charge < -0.3 is 4.74 Å². The second-order valence-electron chi connectivity index (χ2n) is 5.67. The molecule has 5 heteroatoms. The van der Waals surface area contributed by atoms with Crippen molar-refractivity contribution in [3.63, 3.8) is 0 Å². The average molecular weight is 283 g/mol. The molecule has 0 radical (unpaired) electrons. The molecule has 0 fully saturated rings. The van der Waals surface area contributed by atoms with Crippen molar-refractivity contribution in [2.45, 2.75) is 44.8 Å². The van der Waals surface area contributed by atoms with Crippen molar-refractivity contribution in [3.05, 3.63) is 47.0 Å². The van der Waals surface area contributed by atoms with Gasteiger partial charge in [-0.25, -0.2) is 4.79 Å². The van der Waals surface area contributed by atoms with Crippen LogP contribution in [0.15, 0.2) is 24.5 Å². The summed E-state index contributed by atoms with van der Waals surface area (Å²) < 4.78 is 7.62. The lowest BCUT2D eigenvalue weighted by atomic mass is 10.1. The minimum Gasteiger partial charge on any atom is -0.452 e. The predicted octanol–water partition coefficient (Wildman–Crippen LogP) is 2.46. The van der Waals surface area contributed by atoms with Crippen molar-refractivity contribution in [1.29, 1.82) is 0 Å². The van der Waals surface area contributed by atoms with Crippen molar-refractivity contribution in [1.82, 2.24) is 14.8 Å². The Morgan fingerprint density at radius 1 is 1.33 bits per heavy atom. The number of carbonyl (C=O) groups is 1. The van der Waals surface area contributed by atoms with Crippen molar-refractivity contribution < 1.29 is 9.53 Å². The van der Waals surface area contributed by atoms with E-state index in [0.29, 0.717) is 5.56 Å². The molecule has 5 nitrogen and oxygen atoms in total. The smallest absolute Gasteiger partial charge is 0.342 e. The van der Waals surface area contributed by atoms with Crippen molar-refractivity contribution in [3.8, 4) is 0 Å². The summed E-state index contributed by atoms with van der Waals surface area (Å²) in [5.74, 6) is -0.262. The maximum absolute atomic E-state index is 12.4. The summed E-state index contributed by atoms with van der Waals surface area (Å²) in [5, 5.41) is 4.30. The first-order valence-corrected chi connectivity index (χ1v) is 7.52. The maximum Gasteiger partial charge on any atom is 0.342 e. The summed E-state index contributed by atoms with van der Waals surface area (Å²) in [7, 11) is 0. The Morgan fingerprint density at radius 3 is 3.24 bits per heavy atom. The van der Waals surface area contributed by atoms with Crippen LogP contribution in [0.25, 0.3) is 0 Å². The average Bonchev–Trinajstić information content (AvgIpc) is 3.12. The Kier molecular flexibility index (Phi) is 2.98. The van der Waals surface area contributed by atoms with Crippen molar-refractivity contribution in [2.24, 2.45) is 0 Å². The molecule has 0 amide bonds. The van der Waals surface area contributed by atoms with E-state index in [2.05, 4.69) is 16.1 Å². The highest BCUT2D eigenvalue weighted by atomic mass is 16.5. The van der Waals surface area contributed by atoms with Crippen LogP contribution < -0.4 is 0 Å². The highest BCUT2D eigenvalue weighted by molar-refractivity contribution is 5.90. The molecule has 4 rings (SSSR count). The molecule has 0 saturated heterocycles. The highest BCUT2D eigenvalue weighted by Gasteiger charge is 2.29. The van der Waals surface area contributed by atoms with Crippen molar-refractivity contribution in [2.75, 3.05) is 0 Å². The molecule has 108 valence electrons. The highest BCUT2D eigenvalue weighted by Crippen LogP contribution is 2.33. The lowest BCUT2D eigenvalue weighted by molar-refractivity contribution is 0.0291. The van der Waals surface area contributed by atoms with Gasteiger partial charge in [-0.05, 0) is 43.7 Å². The fourth-order valence-corrected chi connectivity index (χ4v) is 3.27. The molecule has 1 aliphatic carbocycles. The molecule has 21 heavy (non-hydrogen) atoms. The van der Waals surface area contributed by atoms with E-state index in [9.17, 15) is 4.79 Å². The van der Waals surface area contributed by atoms with E-state index in [4.69, 9.17) is 4.74 Å². The molecule has 1 atom stereocenters. The van der Waals surface area contributed by atoms with Crippen molar-refractivity contribution >= 4 is 5.97 Å². The molecule has 0 spiro atoms. The van der Waals surface area contributed by atoms with E-state index in [-0.39, 0.29) is 12.1 Å². The molecule has 2 aromatic rings. The van der Waals surface area contributed by atoms with Gasteiger partial charge >= 0.3 is 5.97 Å². The number of esters is 1. The summed E-state index contributed by atoms with van der Waals surface area (Å²) in [6.45, 7) is 0.899. The van der Waals surface area contributed by atoms with Gasteiger partial charge in [0.2, 0.25) is 0 Å². The minimum absolute atomic E-state index is 0.215. The number of pyridine rings is 1. The number of aryl methyl sites for hydroxylation is 2. The third-order valence-corrected chi connectivity index (χ3v) is 4.36. The lowest BCUT2D eigenvalue weighted by Gasteiger charge is -2.16. The molecule has 0 N–H and O–H groups in total. The molecule has 0 bridgehead atoms. The van der Waals surface area contributed by atoms with E-state index in [1.165, 1.54) is 5.56 Å². The first kappa shape index (κ1) is 12.6. The zero-order valence-corrected chi connectivity index (χ0v) is 11.8. The van der Waals surface area contributed by atoms with Gasteiger partial charge in [0, 0.05) is 12.7 Å². The largest absolute Gasteiger partial charge is 0.452 e. The SMILES string of the molecule is O=C(O[C@H]1CCc2cccnc21)c1cnn2c1CCCC2. The summed E-state index contributed by atoms with van der Waals surface area (Å²) >= 11 is 0. The van der Waals surface area contributed by atoms with E-state index in [1.807, 2.05) is 10.7 Å². The van der Waals surface area contributed by atoms with Crippen LogP contribution in [0.2, 0.25) is 0 Å².